The van der Waals surface area contributed by atoms with E-state index in [1.54, 1.807) is 12.1 Å². The molecule has 1 unspecified atom stereocenters. The standard InChI is InChI=1S/C15H20FNO/c1-12-6-3-2-4-9-17(12)11-15(18)13-7-5-8-14(16)10-13/h5,7-8,10,12H,2-4,6,9,11H2,1H3. The van der Waals surface area contributed by atoms with Gasteiger partial charge in [0.05, 0.1) is 6.54 Å². The lowest BCUT2D eigenvalue weighted by Crippen LogP contribution is -2.37. The lowest BCUT2D eigenvalue weighted by atomic mass is 10.1. The summed E-state index contributed by atoms with van der Waals surface area (Å²) >= 11 is 0. The van der Waals surface area contributed by atoms with Crippen LogP contribution in [0.4, 0.5) is 4.39 Å². The van der Waals surface area contributed by atoms with E-state index in [0.717, 1.165) is 19.4 Å². The van der Waals surface area contributed by atoms with Gasteiger partial charge in [-0.25, -0.2) is 4.39 Å². The van der Waals surface area contributed by atoms with Gasteiger partial charge >= 0.3 is 0 Å². The van der Waals surface area contributed by atoms with Gasteiger partial charge in [0, 0.05) is 11.6 Å². The number of hydrogen-bond donors (Lipinski definition) is 0. The minimum atomic E-state index is -0.343. The quantitative estimate of drug-likeness (QED) is 0.766. The van der Waals surface area contributed by atoms with Crippen LogP contribution in [0.15, 0.2) is 24.3 Å². The van der Waals surface area contributed by atoms with Gasteiger partial charge in [0.2, 0.25) is 0 Å². The largest absolute Gasteiger partial charge is 0.293 e. The molecule has 1 fully saturated rings. The molecule has 18 heavy (non-hydrogen) atoms. The Balaban J connectivity index is 2.01. The van der Waals surface area contributed by atoms with Crippen LogP contribution in [0.25, 0.3) is 0 Å². The fourth-order valence-corrected chi connectivity index (χ4v) is 2.51. The molecule has 0 N–H and O–H groups in total. The van der Waals surface area contributed by atoms with E-state index >= 15 is 0 Å². The second-order valence-electron chi connectivity index (χ2n) is 5.10. The Morgan fingerprint density at radius 1 is 1.39 bits per heavy atom. The van der Waals surface area contributed by atoms with Crippen molar-refractivity contribution in [2.45, 2.75) is 38.6 Å². The summed E-state index contributed by atoms with van der Waals surface area (Å²) in [5.74, 6) is -0.326. The molecule has 98 valence electrons. The molecule has 1 saturated heterocycles. The van der Waals surface area contributed by atoms with Crippen LogP contribution in [0.5, 0.6) is 0 Å². The first-order valence-electron chi connectivity index (χ1n) is 6.69. The summed E-state index contributed by atoms with van der Waals surface area (Å²) in [5.41, 5.74) is 0.478. The van der Waals surface area contributed by atoms with Crippen LogP contribution in [-0.4, -0.2) is 29.8 Å². The zero-order chi connectivity index (χ0) is 13.0. The van der Waals surface area contributed by atoms with Crippen molar-refractivity contribution in [2.24, 2.45) is 0 Å². The normalized spacial score (nSPS) is 21.6. The van der Waals surface area contributed by atoms with Gasteiger partial charge in [0.25, 0.3) is 0 Å². The van der Waals surface area contributed by atoms with Gasteiger partial charge in [0.15, 0.2) is 5.78 Å². The van der Waals surface area contributed by atoms with E-state index in [9.17, 15) is 9.18 Å². The number of carbonyl (C=O) groups excluding carboxylic acids is 1. The van der Waals surface area contributed by atoms with Crippen molar-refractivity contribution in [1.82, 2.24) is 4.90 Å². The molecule has 0 aliphatic carbocycles. The summed E-state index contributed by atoms with van der Waals surface area (Å²) in [6.45, 7) is 3.55. The molecule has 0 radical (unpaired) electrons. The minimum absolute atomic E-state index is 0.0169. The van der Waals surface area contributed by atoms with Gasteiger partial charge in [-0.3, -0.25) is 9.69 Å². The number of hydrogen-bond acceptors (Lipinski definition) is 2. The van der Waals surface area contributed by atoms with Gasteiger partial charge in [0.1, 0.15) is 5.82 Å². The highest BCUT2D eigenvalue weighted by Gasteiger charge is 2.20. The maximum Gasteiger partial charge on any atom is 0.176 e. The van der Waals surface area contributed by atoms with Crippen molar-refractivity contribution in [1.29, 1.82) is 0 Å². The number of nitrogens with zero attached hydrogens (tertiary/aromatic N) is 1. The van der Waals surface area contributed by atoms with Gasteiger partial charge in [-0.1, -0.05) is 25.0 Å². The summed E-state index contributed by atoms with van der Waals surface area (Å²) in [7, 11) is 0. The van der Waals surface area contributed by atoms with Crippen molar-refractivity contribution in [3.05, 3.63) is 35.6 Å². The van der Waals surface area contributed by atoms with E-state index in [1.165, 1.54) is 25.0 Å². The second-order valence-corrected chi connectivity index (χ2v) is 5.10. The maximum atomic E-state index is 13.1. The summed E-state index contributed by atoms with van der Waals surface area (Å²) in [6.07, 6.45) is 4.79. The molecule has 0 aromatic heterocycles. The number of benzene rings is 1. The molecule has 1 heterocycles. The molecule has 1 aliphatic heterocycles. The lowest BCUT2D eigenvalue weighted by Gasteiger charge is -2.25. The summed E-state index contributed by atoms with van der Waals surface area (Å²) in [4.78, 5) is 14.3. The van der Waals surface area contributed by atoms with Crippen LogP contribution in [0.2, 0.25) is 0 Å². The molecule has 1 atom stereocenters. The third kappa shape index (κ3) is 3.39. The van der Waals surface area contributed by atoms with Crippen molar-refractivity contribution >= 4 is 5.78 Å². The van der Waals surface area contributed by atoms with Gasteiger partial charge in [-0.05, 0) is 38.4 Å². The first-order chi connectivity index (χ1) is 8.66. The van der Waals surface area contributed by atoms with Crippen LogP contribution in [0, 0.1) is 5.82 Å². The van der Waals surface area contributed by atoms with E-state index in [2.05, 4.69) is 11.8 Å². The van der Waals surface area contributed by atoms with Gasteiger partial charge in [-0.15, -0.1) is 0 Å². The van der Waals surface area contributed by atoms with Crippen molar-refractivity contribution in [2.75, 3.05) is 13.1 Å². The minimum Gasteiger partial charge on any atom is -0.293 e. The van der Waals surface area contributed by atoms with Crippen molar-refractivity contribution < 1.29 is 9.18 Å². The van der Waals surface area contributed by atoms with Crippen LogP contribution in [0.3, 0.4) is 0 Å². The van der Waals surface area contributed by atoms with Crippen LogP contribution in [0.1, 0.15) is 43.0 Å². The van der Waals surface area contributed by atoms with Crippen LogP contribution >= 0.6 is 0 Å². The average Bonchev–Trinajstić information content (AvgIpc) is 2.55. The molecule has 0 amide bonds. The number of carbonyl (C=O) groups is 1. The fraction of sp³-hybridized carbons (Fsp3) is 0.533. The van der Waals surface area contributed by atoms with Crippen LogP contribution < -0.4 is 0 Å². The number of rotatable bonds is 3. The molecule has 0 spiro atoms. The molecule has 1 aliphatic rings. The topological polar surface area (TPSA) is 20.3 Å². The Hall–Kier alpha value is -1.22. The van der Waals surface area contributed by atoms with E-state index in [1.807, 2.05) is 0 Å². The SMILES string of the molecule is CC1CCCCCN1CC(=O)c1cccc(F)c1. The third-order valence-electron chi connectivity index (χ3n) is 3.68. The van der Waals surface area contributed by atoms with Gasteiger partial charge < -0.3 is 0 Å². The first kappa shape index (κ1) is 13.2. The lowest BCUT2D eigenvalue weighted by molar-refractivity contribution is 0.0901. The monoisotopic (exact) mass is 249 g/mol. The molecular formula is C15H20FNO. The molecule has 1 aromatic rings. The Morgan fingerprint density at radius 2 is 2.22 bits per heavy atom. The zero-order valence-electron chi connectivity index (χ0n) is 10.9. The molecule has 3 heteroatoms. The van der Waals surface area contributed by atoms with Gasteiger partial charge in [-0.2, -0.15) is 0 Å². The van der Waals surface area contributed by atoms with E-state index in [0.29, 0.717) is 18.2 Å². The molecule has 2 rings (SSSR count). The van der Waals surface area contributed by atoms with E-state index < -0.39 is 0 Å². The predicted octanol–water partition coefficient (Wildman–Crippen LogP) is 3.27. The van der Waals surface area contributed by atoms with E-state index in [4.69, 9.17) is 0 Å². The predicted molar refractivity (Wildman–Crippen MR) is 70.2 cm³/mol. The smallest absolute Gasteiger partial charge is 0.176 e. The highest BCUT2D eigenvalue weighted by Crippen LogP contribution is 2.17. The number of Topliss-reactive ketones (excluding diaryl/α,β-unsaturated/α-hetero) is 1. The average molecular weight is 249 g/mol. The first-order valence-corrected chi connectivity index (χ1v) is 6.69. The number of likely N-dealkylation sites (tertiary alicyclic amines) is 1. The number of halogens is 1. The molecular weight excluding hydrogens is 229 g/mol. The Labute approximate surface area is 108 Å². The number of ketones is 1. The third-order valence-corrected chi connectivity index (χ3v) is 3.68. The Kier molecular flexibility index (Phi) is 4.48. The summed E-state index contributed by atoms with van der Waals surface area (Å²) < 4.78 is 13.1. The highest BCUT2D eigenvalue weighted by atomic mass is 19.1. The molecule has 0 bridgehead atoms. The van der Waals surface area contributed by atoms with E-state index in [-0.39, 0.29) is 11.6 Å². The van der Waals surface area contributed by atoms with Crippen LogP contribution in [-0.2, 0) is 0 Å². The summed E-state index contributed by atoms with van der Waals surface area (Å²) in [5, 5.41) is 0. The zero-order valence-corrected chi connectivity index (χ0v) is 10.9. The Morgan fingerprint density at radius 3 is 3.00 bits per heavy atom. The fourth-order valence-electron chi connectivity index (χ4n) is 2.51. The van der Waals surface area contributed by atoms with Crippen molar-refractivity contribution in [3.8, 4) is 0 Å². The second kappa shape index (κ2) is 6.10. The summed E-state index contributed by atoms with van der Waals surface area (Å²) in [6, 6.07) is 6.42. The highest BCUT2D eigenvalue weighted by molar-refractivity contribution is 5.97. The molecule has 1 aromatic carbocycles. The van der Waals surface area contributed by atoms with Crippen molar-refractivity contribution in [3.63, 3.8) is 0 Å². The molecule has 0 saturated carbocycles. The molecule has 2 nitrogen and oxygen atoms in total. The Bertz CT molecular complexity index is 419. The maximum absolute atomic E-state index is 13.1.